The third-order valence-corrected chi connectivity index (χ3v) is 1.44. The molecule has 0 atom stereocenters. The van der Waals surface area contributed by atoms with Crippen LogP contribution in [0.1, 0.15) is 12.8 Å². The first-order chi connectivity index (χ1) is 6.28. The zero-order chi connectivity index (χ0) is 11.4. The fourth-order valence-electron chi connectivity index (χ4n) is 0.565. The van der Waals surface area contributed by atoms with Crippen molar-refractivity contribution in [2.24, 2.45) is 0 Å². The summed E-state index contributed by atoms with van der Waals surface area (Å²) in [7, 11) is -4.33. The highest BCUT2D eigenvalue weighted by molar-refractivity contribution is 7.85. The number of halogens is 1. The molecule has 0 bridgehead atoms. The fourth-order valence-corrected chi connectivity index (χ4v) is 0.565. The van der Waals surface area contributed by atoms with Gasteiger partial charge in [0.2, 0.25) is 6.01 Å². The molecule has 7 nitrogen and oxygen atoms in total. The van der Waals surface area contributed by atoms with E-state index in [-0.39, 0.29) is 17.9 Å². The van der Waals surface area contributed by atoms with Crippen LogP contribution in [0.4, 0.5) is 4.39 Å². The smallest absolute Gasteiger partial charge is 0.284 e. The second-order valence-corrected chi connectivity index (χ2v) is 3.67. The van der Waals surface area contributed by atoms with Crippen LogP contribution in [0.2, 0.25) is 0 Å². The van der Waals surface area contributed by atoms with E-state index in [4.69, 9.17) is 9.76 Å². The van der Waals surface area contributed by atoms with Crippen LogP contribution in [-0.4, -0.2) is 41.1 Å². The van der Waals surface area contributed by atoms with Gasteiger partial charge in [0.1, 0.15) is 0 Å². The Kier molecular flexibility index (Phi) is 4.60. The Morgan fingerprint density at radius 2 is 1.57 bits per heavy atom. The number of hydrogen-bond donors (Lipinski definition) is 2. The SMILES string of the molecule is O=C1CCC(=O)N1O.O=S(=O)(O)CF. The van der Waals surface area contributed by atoms with Gasteiger partial charge >= 0.3 is 0 Å². The molecule has 1 rings (SSSR count). The van der Waals surface area contributed by atoms with Gasteiger partial charge in [-0.2, -0.15) is 13.5 Å². The number of hydroxylamine groups is 2. The molecule has 0 aromatic carbocycles. The van der Waals surface area contributed by atoms with Crippen molar-refractivity contribution in [1.82, 2.24) is 5.06 Å². The Bertz CT molecular complexity index is 309. The highest BCUT2D eigenvalue weighted by atomic mass is 32.2. The summed E-state index contributed by atoms with van der Waals surface area (Å²) < 4.78 is 36.4. The van der Waals surface area contributed by atoms with Crippen molar-refractivity contribution in [3.8, 4) is 0 Å². The van der Waals surface area contributed by atoms with Gasteiger partial charge in [-0.3, -0.25) is 19.3 Å². The molecule has 0 spiro atoms. The van der Waals surface area contributed by atoms with E-state index in [2.05, 4.69) is 0 Å². The third kappa shape index (κ3) is 4.84. The number of nitrogens with zero attached hydrogens (tertiary/aromatic N) is 1. The summed E-state index contributed by atoms with van der Waals surface area (Å²) in [6.45, 7) is 0. The number of alkyl halides is 1. The zero-order valence-electron chi connectivity index (χ0n) is 6.88. The molecule has 9 heteroatoms. The van der Waals surface area contributed by atoms with Gasteiger partial charge in [-0.15, -0.1) is 0 Å². The van der Waals surface area contributed by atoms with Crippen molar-refractivity contribution in [3.63, 3.8) is 0 Å². The molecule has 1 saturated heterocycles. The molecule has 82 valence electrons. The highest BCUT2D eigenvalue weighted by Gasteiger charge is 2.26. The first-order valence-corrected chi connectivity index (χ1v) is 4.94. The minimum absolute atomic E-state index is 0.148. The molecular formula is C5H8FNO6S. The van der Waals surface area contributed by atoms with E-state index in [1.807, 2.05) is 0 Å². The normalized spacial score (nSPS) is 16.6. The summed E-state index contributed by atoms with van der Waals surface area (Å²) >= 11 is 0. The first-order valence-electron chi connectivity index (χ1n) is 3.33. The summed E-state index contributed by atoms with van der Waals surface area (Å²) in [5.41, 5.74) is 0. The minimum Gasteiger partial charge on any atom is -0.284 e. The van der Waals surface area contributed by atoms with Crippen LogP contribution in [-0.2, 0) is 19.7 Å². The monoisotopic (exact) mass is 229 g/mol. The molecule has 0 radical (unpaired) electrons. The van der Waals surface area contributed by atoms with E-state index in [0.717, 1.165) is 0 Å². The van der Waals surface area contributed by atoms with Crippen LogP contribution < -0.4 is 0 Å². The van der Waals surface area contributed by atoms with E-state index in [1.165, 1.54) is 0 Å². The zero-order valence-corrected chi connectivity index (χ0v) is 7.70. The van der Waals surface area contributed by atoms with Crippen LogP contribution in [0.3, 0.4) is 0 Å². The van der Waals surface area contributed by atoms with Gasteiger partial charge in [0, 0.05) is 12.8 Å². The van der Waals surface area contributed by atoms with Crippen LogP contribution >= 0.6 is 0 Å². The van der Waals surface area contributed by atoms with Crippen molar-refractivity contribution in [1.29, 1.82) is 0 Å². The molecule has 0 aromatic rings. The lowest BCUT2D eigenvalue weighted by Gasteiger charge is -1.98. The van der Waals surface area contributed by atoms with Gasteiger partial charge in [-0.05, 0) is 0 Å². The predicted octanol–water partition coefficient (Wildman–Crippen LogP) is -0.674. The molecule has 1 aliphatic heterocycles. The molecule has 0 aliphatic carbocycles. The van der Waals surface area contributed by atoms with E-state index in [0.29, 0.717) is 0 Å². The lowest BCUT2D eigenvalue weighted by atomic mass is 10.4. The van der Waals surface area contributed by atoms with E-state index in [1.54, 1.807) is 0 Å². The largest absolute Gasteiger partial charge is 0.294 e. The lowest BCUT2D eigenvalue weighted by molar-refractivity contribution is -0.171. The Labute approximate surface area is 78.8 Å². The number of carbonyl (C=O) groups excluding carboxylic acids is 2. The van der Waals surface area contributed by atoms with Gasteiger partial charge in [-0.1, -0.05) is 0 Å². The van der Waals surface area contributed by atoms with E-state index >= 15 is 0 Å². The Morgan fingerprint density at radius 1 is 1.29 bits per heavy atom. The van der Waals surface area contributed by atoms with Gasteiger partial charge in [-0.25, -0.2) is 4.39 Å². The Balaban J connectivity index is 0.000000255. The molecule has 0 saturated carbocycles. The Morgan fingerprint density at radius 3 is 1.64 bits per heavy atom. The maximum atomic E-state index is 10.7. The van der Waals surface area contributed by atoms with Crippen LogP contribution in [0, 0.1) is 0 Å². The quantitative estimate of drug-likeness (QED) is 0.350. The number of imide groups is 1. The summed E-state index contributed by atoms with van der Waals surface area (Å²) in [5, 5.41) is 8.57. The van der Waals surface area contributed by atoms with Crippen molar-refractivity contribution < 1.29 is 32.2 Å². The average molecular weight is 229 g/mol. The third-order valence-electron chi connectivity index (χ3n) is 1.16. The van der Waals surface area contributed by atoms with Crippen molar-refractivity contribution in [3.05, 3.63) is 0 Å². The molecule has 1 fully saturated rings. The van der Waals surface area contributed by atoms with Crippen LogP contribution in [0.15, 0.2) is 0 Å². The second kappa shape index (κ2) is 4.98. The lowest BCUT2D eigenvalue weighted by Crippen LogP contribution is -2.24. The van der Waals surface area contributed by atoms with Gasteiger partial charge in [0.25, 0.3) is 21.9 Å². The van der Waals surface area contributed by atoms with Crippen molar-refractivity contribution in [2.45, 2.75) is 12.8 Å². The standard InChI is InChI=1S/C4H5NO3.CH3FO3S/c6-3-1-2-4(7)5(3)8;2-1-6(3,4)5/h8H,1-2H2;1H2,(H,3,4,5). The molecule has 0 aromatic heterocycles. The molecular weight excluding hydrogens is 221 g/mol. The molecule has 2 amide bonds. The number of rotatable bonds is 1. The number of hydrogen-bond acceptors (Lipinski definition) is 5. The molecule has 1 heterocycles. The summed E-state index contributed by atoms with van der Waals surface area (Å²) in [6, 6.07) is -1.70. The molecule has 2 N–H and O–H groups in total. The highest BCUT2D eigenvalue weighted by Crippen LogP contribution is 2.06. The maximum absolute atomic E-state index is 10.7. The van der Waals surface area contributed by atoms with E-state index < -0.39 is 27.9 Å². The average Bonchev–Trinajstić information content (AvgIpc) is 2.36. The van der Waals surface area contributed by atoms with Crippen molar-refractivity contribution >= 4 is 21.9 Å². The summed E-state index contributed by atoms with van der Waals surface area (Å²) in [5.74, 6) is -1.01. The topological polar surface area (TPSA) is 112 Å². The summed E-state index contributed by atoms with van der Waals surface area (Å²) in [4.78, 5) is 20.5. The summed E-state index contributed by atoms with van der Waals surface area (Å²) in [6.07, 6.45) is 0.296. The predicted molar refractivity (Wildman–Crippen MR) is 40.4 cm³/mol. The first kappa shape index (κ1) is 12.9. The fraction of sp³-hybridized carbons (Fsp3) is 0.600. The van der Waals surface area contributed by atoms with Crippen LogP contribution in [0.25, 0.3) is 0 Å². The number of amides is 2. The maximum Gasteiger partial charge on any atom is 0.294 e. The van der Waals surface area contributed by atoms with Gasteiger partial charge in [0.05, 0.1) is 0 Å². The Hall–Kier alpha value is -1.06. The van der Waals surface area contributed by atoms with Crippen molar-refractivity contribution in [2.75, 3.05) is 6.01 Å². The second-order valence-electron chi connectivity index (χ2n) is 2.29. The number of carbonyl (C=O) groups is 2. The minimum atomic E-state index is -4.33. The van der Waals surface area contributed by atoms with Gasteiger partial charge < -0.3 is 0 Å². The van der Waals surface area contributed by atoms with Crippen LogP contribution in [0.5, 0.6) is 0 Å². The molecule has 1 aliphatic rings. The van der Waals surface area contributed by atoms with E-state index in [9.17, 15) is 22.4 Å². The molecule has 0 unspecified atom stereocenters. The molecule has 14 heavy (non-hydrogen) atoms. The van der Waals surface area contributed by atoms with Gasteiger partial charge in [0.15, 0.2) is 0 Å².